The van der Waals surface area contributed by atoms with Crippen LogP contribution in [0.4, 0.5) is 5.69 Å². The molecule has 0 aliphatic rings. The summed E-state index contributed by atoms with van der Waals surface area (Å²) in [5.74, 6) is 0.610. The Balaban J connectivity index is 2.82. The van der Waals surface area contributed by atoms with Crippen LogP contribution in [0.25, 0.3) is 0 Å². The van der Waals surface area contributed by atoms with E-state index in [-0.39, 0.29) is 16.8 Å². The van der Waals surface area contributed by atoms with Crippen LogP contribution in [0.15, 0.2) is 24.3 Å². The number of benzene rings is 1. The predicted molar refractivity (Wildman–Crippen MR) is 69.2 cm³/mol. The van der Waals surface area contributed by atoms with E-state index in [1.54, 1.807) is 6.92 Å². The summed E-state index contributed by atoms with van der Waals surface area (Å²) in [6.07, 6.45) is 0.0828. The lowest BCUT2D eigenvalue weighted by atomic mass is 10.2. The van der Waals surface area contributed by atoms with Crippen LogP contribution in [0.5, 0.6) is 5.75 Å². The number of carbonyl (C=O) groups excluding carboxylic acids is 1. The Labute approximate surface area is 104 Å². The molecule has 16 heavy (non-hydrogen) atoms. The summed E-state index contributed by atoms with van der Waals surface area (Å²) in [6.45, 7) is 5.68. The molecule has 0 fully saturated rings. The van der Waals surface area contributed by atoms with Gasteiger partial charge >= 0.3 is 0 Å². The lowest BCUT2D eigenvalue weighted by Gasteiger charge is -2.15. The summed E-state index contributed by atoms with van der Waals surface area (Å²) in [7, 11) is 0. The van der Waals surface area contributed by atoms with Gasteiger partial charge in [0.15, 0.2) is 0 Å². The highest BCUT2D eigenvalue weighted by Crippen LogP contribution is 2.25. The number of nitrogens with one attached hydrogen (secondary N) is 1. The predicted octanol–water partition coefficient (Wildman–Crippen LogP) is 3.20. The highest BCUT2D eigenvalue weighted by molar-refractivity contribution is 9.10. The van der Waals surface area contributed by atoms with Gasteiger partial charge in [0.1, 0.15) is 5.75 Å². The number of ether oxygens (including phenoxy) is 1. The zero-order valence-corrected chi connectivity index (χ0v) is 11.2. The average molecular weight is 286 g/mol. The van der Waals surface area contributed by atoms with Gasteiger partial charge in [0.05, 0.1) is 16.6 Å². The van der Waals surface area contributed by atoms with Crippen LogP contribution in [0.3, 0.4) is 0 Å². The molecule has 1 aromatic rings. The molecule has 0 bridgehead atoms. The molecule has 3 nitrogen and oxygen atoms in total. The molecule has 0 aliphatic heterocycles. The molecule has 4 heteroatoms. The lowest BCUT2D eigenvalue weighted by molar-refractivity contribution is -0.115. The highest BCUT2D eigenvalue weighted by Gasteiger charge is 2.12. The SMILES string of the molecule is CC(C)Oc1ccccc1NC(=O)C(C)Br. The van der Waals surface area contributed by atoms with Gasteiger partial charge in [-0.1, -0.05) is 28.1 Å². The van der Waals surface area contributed by atoms with E-state index in [9.17, 15) is 4.79 Å². The summed E-state index contributed by atoms with van der Waals surface area (Å²) in [6, 6.07) is 7.41. The Kier molecular flexibility index (Phi) is 4.80. The summed E-state index contributed by atoms with van der Waals surface area (Å²) in [4.78, 5) is 11.3. The fourth-order valence-corrected chi connectivity index (χ4v) is 1.27. The highest BCUT2D eigenvalue weighted by atomic mass is 79.9. The van der Waals surface area contributed by atoms with E-state index < -0.39 is 0 Å². The molecule has 0 saturated carbocycles. The first-order valence-corrected chi connectivity index (χ1v) is 6.13. The van der Waals surface area contributed by atoms with Crippen molar-refractivity contribution in [1.82, 2.24) is 0 Å². The molecule has 0 saturated heterocycles. The maximum atomic E-state index is 11.5. The number of hydrogen-bond acceptors (Lipinski definition) is 2. The molecular formula is C12H16BrNO2. The molecule has 1 rings (SSSR count). The van der Waals surface area contributed by atoms with Crippen LogP contribution >= 0.6 is 15.9 Å². The van der Waals surface area contributed by atoms with Crippen molar-refractivity contribution in [2.24, 2.45) is 0 Å². The van der Waals surface area contributed by atoms with Crippen molar-refractivity contribution < 1.29 is 9.53 Å². The van der Waals surface area contributed by atoms with Gasteiger partial charge in [-0.15, -0.1) is 0 Å². The molecule has 0 heterocycles. The van der Waals surface area contributed by atoms with Gasteiger partial charge in [0, 0.05) is 0 Å². The number of amides is 1. The maximum absolute atomic E-state index is 11.5. The third-order valence-corrected chi connectivity index (χ3v) is 2.28. The number of para-hydroxylation sites is 2. The van der Waals surface area contributed by atoms with E-state index in [4.69, 9.17) is 4.74 Å². The average Bonchev–Trinajstić information content (AvgIpc) is 2.20. The minimum Gasteiger partial charge on any atom is -0.489 e. The van der Waals surface area contributed by atoms with Gasteiger partial charge in [-0.3, -0.25) is 4.79 Å². The molecule has 1 atom stereocenters. The van der Waals surface area contributed by atoms with Gasteiger partial charge in [-0.05, 0) is 32.9 Å². The molecule has 1 amide bonds. The van der Waals surface area contributed by atoms with Crippen molar-refractivity contribution in [2.75, 3.05) is 5.32 Å². The van der Waals surface area contributed by atoms with E-state index >= 15 is 0 Å². The van der Waals surface area contributed by atoms with E-state index in [1.807, 2.05) is 38.1 Å². The van der Waals surface area contributed by atoms with Gasteiger partial charge < -0.3 is 10.1 Å². The van der Waals surface area contributed by atoms with Crippen molar-refractivity contribution in [3.05, 3.63) is 24.3 Å². The first kappa shape index (κ1) is 13.0. The molecule has 88 valence electrons. The fraction of sp³-hybridized carbons (Fsp3) is 0.417. The number of halogens is 1. The van der Waals surface area contributed by atoms with Gasteiger partial charge in [0.25, 0.3) is 0 Å². The molecular weight excluding hydrogens is 270 g/mol. The molecule has 1 unspecified atom stereocenters. The largest absolute Gasteiger partial charge is 0.489 e. The minimum absolute atomic E-state index is 0.0828. The second-order valence-corrected chi connectivity index (χ2v) is 5.14. The molecule has 0 aromatic heterocycles. The molecule has 0 radical (unpaired) electrons. The molecule has 1 N–H and O–H groups in total. The molecule has 1 aromatic carbocycles. The van der Waals surface area contributed by atoms with Crippen LogP contribution < -0.4 is 10.1 Å². The van der Waals surface area contributed by atoms with E-state index in [0.717, 1.165) is 0 Å². The second kappa shape index (κ2) is 5.89. The van der Waals surface area contributed by atoms with Gasteiger partial charge in [-0.2, -0.15) is 0 Å². The topological polar surface area (TPSA) is 38.3 Å². The van der Waals surface area contributed by atoms with E-state index in [1.165, 1.54) is 0 Å². The van der Waals surface area contributed by atoms with Gasteiger partial charge in [-0.25, -0.2) is 0 Å². The smallest absolute Gasteiger partial charge is 0.237 e. The number of rotatable bonds is 4. The number of hydrogen-bond donors (Lipinski definition) is 1. The Bertz CT molecular complexity index is 364. The van der Waals surface area contributed by atoms with Crippen LogP contribution in [-0.2, 0) is 4.79 Å². The maximum Gasteiger partial charge on any atom is 0.237 e. The Morgan fingerprint density at radius 3 is 2.50 bits per heavy atom. The van der Waals surface area contributed by atoms with Crippen LogP contribution in [0.1, 0.15) is 20.8 Å². The summed E-state index contributed by atoms with van der Waals surface area (Å²) in [5, 5.41) is 2.80. The summed E-state index contributed by atoms with van der Waals surface area (Å²) >= 11 is 3.22. The minimum atomic E-state index is -0.223. The van der Waals surface area contributed by atoms with Crippen molar-refractivity contribution in [3.63, 3.8) is 0 Å². The molecule has 0 spiro atoms. The first-order valence-electron chi connectivity index (χ1n) is 5.21. The zero-order valence-electron chi connectivity index (χ0n) is 9.66. The Morgan fingerprint density at radius 2 is 1.94 bits per heavy atom. The number of carbonyl (C=O) groups is 1. The van der Waals surface area contributed by atoms with Gasteiger partial charge in [0.2, 0.25) is 5.91 Å². The van der Waals surface area contributed by atoms with E-state index in [2.05, 4.69) is 21.2 Å². The lowest BCUT2D eigenvalue weighted by Crippen LogP contribution is -2.20. The van der Waals surface area contributed by atoms with Crippen molar-refractivity contribution in [3.8, 4) is 5.75 Å². The quantitative estimate of drug-likeness (QED) is 0.863. The third-order valence-electron chi connectivity index (χ3n) is 1.87. The van der Waals surface area contributed by atoms with Crippen LogP contribution in [-0.4, -0.2) is 16.8 Å². The van der Waals surface area contributed by atoms with Crippen molar-refractivity contribution in [2.45, 2.75) is 31.7 Å². The third kappa shape index (κ3) is 3.85. The van der Waals surface area contributed by atoms with Crippen LogP contribution in [0.2, 0.25) is 0 Å². The van der Waals surface area contributed by atoms with Crippen molar-refractivity contribution in [1.29, 1.82) is 0 Å². The van der Waals surface area contributed by atoms with Crippen LogP contribution in [0, 0.1) is 0 Å². The van der Waals surface area contributed by atoms with Crippen molar-refractivity contribution >= 4 is 27.5 Å². The standard InChI is InChI=1S/C12H16BrNO2/c1-8(2)16-11-7-5-4-6-10(11)14-12(15)9(3)13/h4-9H,1-3H3,(H,14,15). The van der Waals surface area contributed by atoms with E-state index in [0.29, 0.717) is 11.4 Å². The Hall–Kier alpha value is -1.03. The normalized spacial score (nSPS) is 12.3. The Morgan fingerprint density at radius 1 is 1.31 bits per heavy atom. The fourth-order valence-electron chi connectivity index (χ4n) is 1.16. The summed E-state index contributed by atoms with van der Waals surface area (Å²) < 4.78 is 5.60. The second-order valence-electron chi connectivity index (χ2n) is 3.77. The monoisotopic (exact) mass is 285 g/mol. The molecule has 0 aliphatic carbocycles. The first-order chi connectivity index (χ1) is 7.50. The zero-order chi connectivity index (χ0) is 12.1. The number of anilines is 1. The summed E-state index contributed by atoms with van der Waals surface area (Å²) in [5.41, 5.74) is 0.701. The number of alkyl halides is 1.